The molecule has 3 aromatic rings. The van der Waals surface area contributed by atoms with Gasteiger partial charge >= 0.3 is 0 Å². The minimum absolute atomic E-state index is 0.346. The summed E-state index contributed by atoms with van der Waals surface area (Å²) in [5.41, 5.74) is 6.09. The van der Waals surface area contributed by atoms with Gasteiger partial charge in [-0.3, -0.25) is 4.79 Å². The van der Waals surface area contributed by atoms with Crippen LogP contribution in [-0.2, 0) is 6.54 Å². The highest BCUT2D eigenvalue weighted by Crippen LogP contribution is 2.25. The van der Waals surface area contributed by atoms with E-state index in [1.807, 2.05) is 31.2 Å². The maximum atomic E-state index is 12.5. The Morgan fingerprint density at radius 2 is 1.86 bits per heavy atom. The van der Waals surface area contributed by atoms with Gasteiger partial charge in [-0.05, 0) is 25.1 Å². The summed E-state index contributed by atoms with van der Waals surface area (Å²) in [6, 6.07) is 13.1. The summed E-state index contributed by atoms with van der Waals surface area (Å²) < 4.78 is 12.6. The fourth-order valence-corrected chi connectivity index (χ4v) is 3.14. The van der Waals surface area contributed by atoms with Gasteiger partial charge in [-0.2, -0.15) is 5.10 Å². The highest BCUT2D eigenvalue weighted by Gasteiger charge is 2.12. The molecule has 0 saturated carbocycles. The van der Waals surface area contributed by atoms with Crippen molar-refractivity contribution in [2.24, 2.45) is 5.10 Å². The number of para-hydroxylation sites is 1. The van der Waals surface area contributed by atoms with E-state index in [-0.39, 0.29) is 5.91 Å². The number of rotatable bonds is 7. The van der Waals surface area contributed by atoms with Crippen LogP contribution in [0.4, 0.5) is 0 Å². The van der Waals surface area contributed by atoms with Gasteiger partial charge in [0.1, 0.15) is 11.5 Å². The first-order valence-corrected chi connectivity index (χ1v) is 8.84. The number of fused-ring (bicyclic) bond motifs is 1. The minimum atomic E-state index is -0.346. The van der Waals surface area contributed by atoms with Crippen LogP contribution in [0.25, 0.3) is 10.9 Å². The summed E-state index contributed by atoms with van der Waals surface area (Å²) in [5.74, 6) is 0.731. The number of nitrogens with zero attached hydrogens (tertiary/aromatic N) is 2. The number of methoxy groups -OCH3 is 2. The number of carbonyl (C=O) groups is 1. The Kier molecular flexibility index (Phi) is 5.79. The van der Waals surface area contributed by atoms with Gasteiger partial charge in [-0.15, -0.1) is 6.58 Å². The third kappa shape index (κ3) is 3.76. The molecule has 144 valence electrons. The molecule has 6 heteroatoms. The van der Waals surface area contributed by atoms with E-state index in [0.29, 0.717) is 23.6 Å². The molecular formula is C22H23N3O3. The second-order valence-corrected chi connectivity index (χ2v) is 6.22. The summed E-state index contributed by atoms with van der Waals surface area (Å²) in [5, 5.41) is 5.24. The third-order valence-electron chi connectivity index (χ3n) is 4.56. The normalized spacial score (nSPS) is 11.0. The number of hydrazone groups is 1. The second-order valence-electron chi connectivity index (χ2n) is 6.22. The lowest BCUT2D eigenvalue weighted by Gasteiger charge is -2.07. The molecular weight excluding hydrogens is 354 g/mol. The van der Waals surface area contributed by atoms with Crippen LogP contribution in [0.1, 0.15) is 21.6 Å². The summed E-state index contributed by atoms with van der Waals surface area (Å²) in [6.45, 7) is 6.56. The van der Waals surface area contributed by atoms with E-state index in [4.69, 9.17) is 9.47 Å². The van der Waals surface area contributed by atoms with Crippen molar-refractivity contribution in [2.45, 2.75) is 13.5 Å². The zero-order valence-electron chi connectivity index (χ0n) is 16.2. The Balaban J connectivity index is 1.86. The van der Waals surface area contributed by atoms with Crippen LogP contribution in [0.15, 0.2) is 60.2 Å². The van der Waals surface area contributed by atoms with Crippen molar-refractivity contribution in [2.75, 3.05) is 14.2 Å². The van der Waals surface area contributed by atoms with Crippen molar-refractivity contribution in [3.8, 4) is 11.5 Å². The topological polar surface area (TPSA) is 64.9 Å². The van der Waals surface area contributed by atoms with Crippen molar-refractivity contribution in [1.82, 2.24) is 9.99 Å². The predicted molar refractivity (Wildman–Crippen MR) is 111 cm³/mol. The summed E-state index contributed by atoms with van der Waals surface area (Å²) in [6.07, 6.45) is 3.53. The van der Waals surface area contributed by atoms with Crippen molar-refractivity contribution in [1.29, 1.82) is 0 Å². The van der Waals surface area contributed by atoms with Gasteiger partial charge in [0.05, 0.1) is 20.4 Å². The summed E-state index contributed by atoms with van der Waals surface area (Å²) >= 11 is 0. The Hall–Kier alpha value is -3.54. The number of ether oxygens (including phenoxy) is 2. The molecule has 6 nitrogen and oxygen atoms in total. The first-order chi connectivity index (χ1) is 13.6. The van der Waals surface area contributed by atoms with Crippen LogP contribution in [0.2, 0.25) is 0 Å². The molecule has 0 radical (unpaired) electrons. The van der Waals surface area contributed by atoms with Crippen molar-refractivity contribution in [3.63, 3.8) is 0 Å². The monoisotopic (exact) mass is 377 g/mol. The third-order valence-corrected chi connectivity index (χ3v) is 4.56. The van der Waals surface area contributed by atoms with E-state index in [1.54, 1.807) is 24.4 Å². The maximum absolute atomic E-state index is 12.5. The molecule has 0 aliphatic rings. The van der Waals surface area contributed by atoms with Crippen LogP contribution in [0.3, 0.4) is 0 Å². The largest absolute Gasteiger partial charge is 0.497 e. The lowest BCUT2D eigenvalue weighted by molar-refractivity contribution is 0.0954. The Bertz CT molecular complexity index is 1030. The molecule has 28 heavy (non-hydrogen) atoms. The van der Waals surface area contributed by atoms with E-state index >= 15 is 0 Å². The SMILES string of the molecule is C=CCn1c(C)c(C=NNC(=O)c2cc(OC)cc(OC)c2)c2ccccc21. The Morgan fingerprint density at radius 3 is 2.50 bits per heavy atom. The van der Waals surface area contributed by atoms with E-state index in [1.165, 1.54) is 14.2 Å². The van der Waals surface area contributed by atoms with Gasteiger partial charge in [-0.1, -0.05) is 24.3 Å². The number of benzene rings is 2. The minimum Gasteiger partial charge on any atom is -0.497 e. The average Bonchev–Trinajstić information content (AvgIpc) is 2.99. The Labute approximate surface area is 164 Å². The molecule has 1 aromatic heterocycles. The first-order valence-electron chi connectivity index (χ1n) is 8.84. The highest BCUT2D eigenvalue weighted by molar-refractivity contribution is 6.02. The molecule has 0 unspecified atom stereocenters. The van der Waals surface area contributed by atoms with E-state index in [0.717, 1.165) is 22.2 Å². The van der Waals surface area contributed by atoms with Crippen LogP contribution in [0.5, 0.6) is 11.5 Å². The van der Waals surface area contributed by atoms with Gasteiger partial charge in [0.2, 0.25) is 0 Å². The van der Waals surface area contributed by atoms with Crippen molar-refractivity contribution >= 4 is 23.0 Å². The second kappa shape index (κ2) is 8.43. The highest BCUT2D eigenvalue weighted by atomic mass is 16.5. The number of hydrogen-bond acceptors (Lipinski definition) is 4. The fraction of sp³-hybridized carbons (Fsp3) is 0.182. The molecule has 1 heterocycles. The Morgan fingerprint density at radius 1 is 1.18 bits per heavy atom. The summed E-state index contributed by atoms with van der Waals surface area (Å²) in [7, 11) is 3.08. The number of allylic oxidation sites excluding steroid dienone is 1. The summed E-state index contributed by atoms with van der Waals surface area (Å²) in [4.78, 5) is 12.5. The predicted octanol–water partition coefficient (Wildman–Crippen LogP) is 3.92. The van der Waals surface area contributed by atoms with E-state index in [2.05, 4.69) is 27.7 Å². The molecule has 0 spiro atoms. The van der Waals surface area contributed by atoms with Gasteiger partial charge in [0.25, 0.3) is 5.91 Å². The molecule has 1 amide bonds. The number of nitrogens with one attached hydrogen (secondary N) is 1. The molecule has 0 aliphatic heterocycles. The van der Waals surface area contributed by atoms with Gasteiger partial charge in [-0.25, -0.2) is 5.43 Å². The lowest BCUT2D eigenvalue weighted by Crippen LogP contribution is -2.17. The average molecular weight is 377 g/mol. The molecule has 1 N–H and O–H groups in total. The quantitative estimate of drug-likeness (QED) is 0.386. The molecule has 0 aliphatic carbocycles. The van der Waals surface area contributed by atoms with Gasteiger partial charge in [0, 0.05) is 40.3 Å². The van der Waals surface area contributed by atoms with Crippen molar-refractivity contribution < 1.29 is 14.3 Å². The zero-order chi connectivity index (χ0) is 20.1. The van der Waals surface area contributed by atoms with Crippen LogP contribution < -0.4 is 14.9 Å². The van der Waals surface area contributed by atoms with E-state index in [9.17, 15) is 4.79 Å². The fourth-order valence-electron chi connectivity index (χ4n) is 3.14. The van der Waals surface area contributed by atoms with Crippen LogP contribution in [-0.4, -0.2) is 30.9 Å². The molecule has 2 aromatic carbocycles. The van der Waals surface area contributed by atoms with Gasteiger partial charge < -0.3 is 14.0 Å². The molecule has 0 saturated heterocycles. The smallest absolute Gasteiger partial charge is 0.271 e. The standard InChI is InChI=1S/C22H23N3O3/c1-5-10-25-15(2)20(19-8-6-7-9-21(19)25)14-23-24-22(26)16-11-17(27-3)13-18(12-16)28-4/h5-9,11-14H,1,10H2,2-4H3,(H,24,26). The molecule has 3 rings (SSSR count). The first kappa shape index (κ1) is 19.2. The van der Waals surface area contributed by atoms with E-state index < -0.39 is 0 Å². The van der Waals surface area contributed by atoms with Crippen molar-refractivity contribution in [3.05, 3.63) is 71.9 Å². The number of amides is 1. The number of hydrogen-bond donors (Lipinski definition) is 1. The van der Waals surface area contributed by atoms with Crippen LogP contribution >= 0.6 is 0 Å². The van der Waals surface area contributed by atoms with Gasteiger partial charge in [0.15, 0.2) is 0 Å². The lowest BCUT2D eigenvalue weighted by atomic mass is 10.1. The molecule has 0 bridgehead atoms. The molecule has 0 atom stereocenters. The number of aromatic nitrogens is 1. The maximum Gasteiger partial charge on any atom is 0.271 e. The zero-order valence-corrected chi connectivity index (χ0v) is 16.2. The number of carbonyl (C=O) groups excluding carboxylic acids is 1. The molecule has 0 fully saturated rings. The van der Waals surface area contributed by atoms with Crippen LogP contribution in [0, 0.1) is 6.92 Å².